The molecule has 0 atom stereocenters. The van der Waals surface area contributed by atoms with Crippen molar-refractivity contribution in [2.45, 2.75) is 37.9 Å². The highest BCUT2D eigenvalue weighted by Gasteiger charge is 2.35. The second-order valence-electron chi connectivity index (χ2n) is 10.7. The summed E-state index contributed by atoms with van der Waals surface area (Å²) in [5.74, 6) is -2.07. The molecule has 45 heavy (non-hydrogen) atoms. The summed E-state index contributed by atoms with van der Waals surface area (Å²) in [7, 11) is 0. The van der Waals surface area contributed by atoms with Crippen LogP contribution in [0.2, 0.25) is 0 Å². The van der Waals surface area contributed by atoms with E-state index in [2.05, 4.69) is 31.4 Å². The number of carbonyl (C=O) groups excluding carboxylic acids is 2. The maximum Gasteiger partial charge on any atom is 0.417 e. The summed E-state index contributed by atoms with van der Waals surface area (Å²) < 4.78 is 58.3. The average molecular weight is 622 g/mol. The molecule has 0 saturated heterocycles. The second kappa shape index (κ2) is 13.8. The predicted molar refractivity (Wildman–Crippen MR) is 162 cm³/mol. The molecule has 0 unspecified atom stereocenters. The predicted octanol–water partition coefficient (Wildman–Crippen LogP) is 6.78. The van der Waals surface area contributed by atoms with Gasteiger partial charge in [-0.1, -0.05) is 24.3 Å². The van der Waals surface area contributed by atoms with Gasteiger partial charge in [-0.15, -0.1) is 0 Å². The standard InChI is InChI=1S/C32H31F4N7O2/c33-27-14-19(8-11-22(27)30(44)39-13-5-4-12-38-18-41-37)23-15-24-28(16-26(23)32(34,35)36)40-17-25(31(45)43-21-9-10-21)29(24)42-20-6-2-1-3-7-20/h1-3,6-8,11,14-17,21,37-38H,4-5,9-10,12-13,18H2,(H,39,44)(H,40,42)(H,43,45). The quantitative estimate of drug-likeness (QED) is 0.0638. The maximum absolute atomic E-state index is 15.2. The lowest BCUT2D eigenvalue weighted by atomic mass is 9.94. The number of nitrogens with zero attached hydrogens (tertiary/aromatic N) is 2. The lowest BCUT2D eigenvalue weighted by molar-refractivity contribution is -0.137. The smallest absolute Gasteiger partial charge is 0.354 e. The van der Waals surface area contributed by atoms with Crippen LogP contribution in [0.25, 0.3) is 22.0 Å². The molecule has 1 fully saturated rings. The van der Waals surface area contributed by atoms with Crippen LogP contribution in [0.3, 0.4) is 0 Å². The Labute approximate surface area is 256 Å². The first-order valence-electron chi connectivity index (χ1n) is 14.4. The molecule has 1 saturated carbocycles. The molecule has 234 valence electrons. The van der Waals surface area contributed by atoms with Gasteiger partial charge in [0.15, 0.2) is 0 Å². The topological polar surface area (TPSA) is 131 Å². The highest BCUT2D eigenvalue weighted by Crippen LogP contribution is 2.42. The molecule has 1 aliphatic rings. The fourth-order valence-corrected chi connectivity index (χ4v) is 4.85. The molecular formula is C32H31F4N7O2. The van der Waals surface area contributed by atoms with Crippen LogP contribution in [0.5, 0.6) is 0 Å². The van der Waals surface area contributed by atoms with Crippen LogP contribution < -0.4 is 21.3 Å². The number of para-hydroxylation sites is 1. The van der Waals surface area contributed by atoms with Crippen LogP contribution in [0.15, 0.2) is 72.0 Å². The Balaban J connectivity index is 1.51. The van der Waals surface area contributed by atoms with Crippen LogP contribution >= 0.6 is 0 Å². The van der Waals surface area contributed by atoms with Crippen LogP contribution in [-0.4, -0.2) is 42.6 Å². The van der Waals surface area contributed by atoms with E-state index in [0.717, 1.165) is 31.0 Å². The Hall–Kier alpha value is -4.91. The van der Waals surface area contributed by atoms with Crippen LogP contribution in [0.4, 0.5) is 28.9 Å². The van der Waals surface area contributed by atoms with E-state index in [-0.39, 0.29) is 58.1 Å². The Morgan fingerprint density at radius 3 is 2.40 bits per heavy atom. The van der Waals surface area contributed by atoms with Gasteiger partial charge in [0.2, 0.25) is 0 Å². The Kier molecular flexibility index (Phi) is 9.67. The van der Waals surface area contributed by atoms with Gasteiger partial charge in [-0.05, 0) is 79.8 Å². The van der Waals surface area contributed by atoms with Crippen molar-refractivity contribution in [1.29, 1.82) is 5.53 Å². The first-order chi connectivity index (χ1) is 21.7. The summed E-state index contributed by atoms with van der Waals surface area (Å²) in [6.45, 7) is 1.07. The van der Waals surface area contributed by atoms with E-state index in [4.69, 9.17) is 5.53 Å². The van der Waals surface area contributed by atoms with Crippen molar-refractivity contribution in [1.82, 2.24) is 20.9 Å². The molecule has 0 radical (unpaired) electrons. The number of pyridine rings is 1. The molecule has 5 rings (SSSR count). The van der Waals surface area contributed by atoms with Gasteiger partial charge in [0, 0.05) is 29.9 Å². The molecule has 2 amide bonds. The van der Waals surface area contributed by atoms with Gasteiger partial charge in [0.1, 0.15) is 12.5 Å². The first kappa shape index (κ1) is 31.5. The number of carbonyl (C=O) groups is 2. The van der Waals surface area contributed by atoms with E-state index in [0.29, 0.717) is 25.1 Å². The zero-order valence-electron chi connectivity index (χ0n) is 24.1. The third-order valence-electron chi connectivity index (χ3n) is 7.29. The van der Waals surface area contributed by atoms with E-state index in [1.165, 1.54) is 18.3 Å². The molecule has 1 aliphatic carbocycles. The van der Waals surface area contributed by atoms with Crippen LogP contribution in [0.1, 0.15) is 52.0 Å². The Morgan fingerprint density at radius 1 is 0.956 bits per heavy atom. The summed E-state index contributed by atoms with van der Waals surface area (Å²) in [5, 5.41) is 15.0. The highest BCUT2D eigenvalue weighted by atomic mass is 19.4. The number of aromatic nitrogens is 1. The van der Waals surface area contributed by atoms with Crippen molar-refractivity contribution in [3.63, 3.8) is 0 Å². The molecule has 3 aromatic carbocycles. The molecule has 0 spiro atoms. The Bertz CT molecular complexity index is 1710. The fourth-order valence-electron chi connectivity index (χ4n) is 4.85. The molecule has 9 nitrogen and oxygen atoms in total. The minimum Gasteiger partial charge on any atom is -0.354 e. The van der Waals surface area contributed by atoms with E-state index in [1.807, 2.05) is 0 Å². The number of halogens is 4. The number of anilines is 2. The fraction of sp³-hybridized carbons (Fsp3) is 0.281. The van der Waals surface area contributed by atoms with Gasteiger partial charge in [-0.2, -0.15) is 18.3 Å². The summed E-state index contributed by atoms with van der Waals surface area (Å²) in [6, 6.07) is 14.4. The van der Waals surface area contributed by atoms with Gasteiger partial charge in [0.25, 0.3) is 11.8 Å². The molecule has 5 N–H and O–H groups in total. The van der Waals surface area contributed by atoms with Crippen LogP contribution in [0, 0.1) is 11.3 Å². The minimum absolute atomic E-state index is 0.00626. The molecule has 1 aromatic heterocycles. The number of benzene rings is 3. The van der Waals surface area contributed by atoms with Crippen molar-refractivity contribution in [3.8, 4) is 11.1 Å². The molecule has 4 aromatic rings. The second-order valence-corrected chi connectivity index (χ2v) is 10.7. The number of fused-ring (bicyclic) bond motifs is 1. The monoisotopic (exact) mass is 621 g/mol. The number of amides is 2. The first-order valence-corrected chi connectivity index (χ1v) is 14.4. The zero-order valence-corrected chi connectivity index (χ0v) is 24.1. The van der Waals surface area contributed by atoms with Crippen molar-refractivity contribution in [3.05, 3.63) is 89.4 Å². The van der Waals surface area contributed by atoms with Crippen molar-refractivity contribution in [2.24, 2.45) is 5.11 Å². The van der Waals surface area contributed by atoms with Gasteiger partial charge < -0.3 is 16.0 Å². The third-order valence-corrected chi connectivity index (χ3v) is 7.29. The molecule has 0 bridgehead atoms. The van der Waals surface area contributed by atoms with E-state index >= 15 is 4.39 Å². The molecular weight excluding hydrogens is 590 g/mol. The summed E-state index contributed by atoms with van der Waals surface area (Å²) in [4.78, 5) is 30.0. The van der Waals surface area contributed by atoms with Gasteiger partial charge >= 0.3 is 6.18 Å². The number of alkyl halides is 3. The summed E-state index contributed by atoms with van der Waals surface area (Å²) in [5.41, 5.74) is 5.99. The third kappa shape index (κ3) is 7.79. The van der Waals surface area contributed by atoms with E-state index in [1.54, 1.807) is 30.3 Å². The number of hydrogen-bond acceptors (Lipinski definition) is 7. The SMILES string of the molecule is N=NCNCCCCNC(=O)c1ccc(-c2cc3c(Nc4ccccc4)c(C(=O)NC4CC4)cnc3cc2C(F)(F)F)cc1F. The van der Waals surface area contributed by atoms with Crippen molar-refractivity contribution >= 4 is 34.1 Å². The number of unbranched alkanes of at least 4 members (excludes halogenated alkanes) is 1. The minimum atomic E-state index is -4.81. The summed E-state index contributed by atoms with van der Waals surface area (Å²) in [6.07, 6.45) is -0.586. The Morgan fingerprint density at radius 2 is 1.71 bits per heavy atom. The lowest BCUT2D eigenvalue weighted by Gasteiger charge is -2.19. The van der Waals surface area contributed by atoms with Crippen molar-refractivity contribution < 1.29 is 27.2 Å². The van der Waals surface area contributed by atoms with Gasteiger partial charge in [0.05, 0.1) is 27.9 Å². The summed E-state index contributed by atoms with van der Waals surface area (Å²) >= 11 is 0. The van der Waals surface area contributed by atoms with Crippen LogP contribution in [-0.2, 0) is 6.18 Å². The van der Waals surface area contributed by atoms with E-state index in [9.17, 15) is 22.8 Å². The number of nitrogens with one attached hydrogen (secondary N) is 5. The zero-order chi connectivity index (χ0) is 32.0. The highest BCUT2D eigenvalue weighted by molar-refractivity contribution is 6.09. The molecule has 0 aliphatic heterocycles. The molecule has 13 heteroatoms. The average Bonchev–Trinajstić information content (AvgIpc) is 3.84. The largest absolute Gasteiger partial charge is 0.417 e. The molecule has 1 heterocycles. The maximum atomic E-state index is 15.2. The van der Waals surface area contributed by atoms with Crippen molar-refractivity contribution in [2.75, 3.05) is 25.1 Å². The lowest BCUT2D eigenvalue weighted by Crippen LogP contribution is -2.26. The number of rotatable bonds is 13. The van der Waals surface area contributed by atoms with E-state index < -0.39 is 29.4 Å². The van der Waals surface area contributed by atoms with Gasteiger partial charge in [-0.3, -0.25) is 19.9 Å². The number of hydrogen-bond donors (Lipinski definition) is 5. The van der Waals surface area contributed by atoms with Gasteiger partial charge in [-0.25, -0.2) is 9.92 Å². The normalized spacial score (nSPS) is 13.0.